The molecule has 0 atom stereocenters. The van der Waals surface area contributed by atoms with E-state index in [1.54, 1.807) is 18.3 Å². The number of hydrogen-bond donors (Lipinski definition) is 1. The van der Waals surface area contributed by atoms with Gasteiger partial charge in [-0.2, -0.15) is 0 Å². The molecule has 1 aromatic carbocycles. The summed E-state index contributed by atoms with van der Waals surface area (Å²) in [4.78, 5) is 16.1. The lowest BCUT2D eigenvalue weighted by Gasteiger charge is -2.09. The molecule has 98 valence electrons. The van der Waals surface area contributed by atoms with E-state index in [9.17, 15) is 4.79 Å². The number of nitrogens with zero attached hydrogens (tertiary/aromatic N) is 1. The van der Waals surface area contributed by atoms with Crippen LogP contribution in [0.4, 0.5) is 5.69 Å². The zero-order valence-corrected chi connectivity index (χ0v) is 12.2. The summed E-state index contributed by atoms with van der Waals surface area (Å²) in [5.74, 6) is 0.0699. The van der Waals surface area contributed by atoms with Gasteiger partial charge in [-0.3, -0.25) is 4.79 Å². The number of benzene rings is 1. The molecular weight excluding hydrogens is 308 g/mol. The van der Waals surface area contributed by atoms with Gasteiger partial charge in [-0.25, -0.2) is 4.98 Å². The Kier molecular flexibility index (Phi) is 4.16. The minimum atomic E-state index is -0.244. The molecule has 2 rings (SSSR count). The van der Waals surface area contributed by atoms with Crippen molar-refractivity contribution in [3.63, 3.8) is 0 Å². The summed E-state index contributed by atoms with van der Waals surface area (Å²) in [6.07, 6.45) is 1.58. The van der Waals surface area contributed by atoms with Crippen LogP contribution in [0, 0.1) is 6.92 Å². The minimum absolute atomic E-state index is 0.244. The number of halogens is 1. The molecule has 0 aliphatic rings. The van der Waals surface area contributed by atoms with Crippen molar-refractivity contribution in [1.82, 2.24) is 4.98 Å². The monoisotopic (exact) mass is 320 g/mol. The van der Waals surface area contributed by atoms with E-state index in [1.807, 2.05) is 25.1 Å². The molecule has 5 heteroatoms. The van der Waals surface area contributed by atoms with Gasteiger partial charge in [0, 0.05) is 16.4 Å². The Morgan fingerprint density at radius 3 is 2.84 bits per heavy atom. The van der Waals surface area contributed by atoms with Gasteiger partial charge in [0.1, 0.15) is 5.56 Å². The molecule has 2 aromatic rings. The first-order chi connectivity index (χ1) is 9.11. The van der Waals surface area contributed by atoms with Crippen LogP contribution in [0.2, 0.25) is 0 Å². The van der Waals surface area contributed by atoms with Crippen molar-refractivity contribution < 1.29 is 9.53 Å². The van der Waals surface area contributed by atoms with E-state index in [1.165, 1.54) is 7.11 Å². The van der Waals surface area contributed by atoms with Gasteiger partial charge in [0.2, 0.25) is 5.88 Å². The number of rotatable bonds is 3. The summed E-state index contributed by atoms with van der Waals surface area (Å²) in [6.45, 7) is 1.96. The molecule has 19 heavy (non-hydrogen) atoms. The molecule has 4 nitrogen and oxygen atoms in total. The van der Waals surface area contributed by atoms with Crippen molar-refractivity contribution >= 4 is 27.5 Å². The fourth-order valence-corrected chi connectivity index (χ4v) is 1.89. The van der Waals surface area contributed by atoms with Gasteiger partial charge < -0.3 is 10.1 Å². The third kappa shape index (κ3) is 3.12. The normalized spacial score (nSPS) is 10.1. The second kappa shape index (κ2) is 5.84. The van der Waals surface area contributed by atoms with Crippen LogP contribution in [-0.2, 0) is 0 Å². The van der Waals surface area contributed by atoms with Gasteiger partial charge in [0.15, 0.2) is 0 Å². The summed E-state index contributed by atoms with van der Waals surface area (Å²) in [5, 5.41) is 2.82. The molecule has 0 fully saturated rings. The summed E-state index contributed by atoms with van der Waals surface area (Å²) < 4.78 is 6.07. The van der Waals surface area contributed by atoms with Gasteiger partial charge in [0.25, 0.3) is 5.91 Å². The Morgan fingerprint density at radius 2 is 2.16 bits per heavy atom. The average molecular weight is 321 g/mol. The van der Waals surface area contributed by atoms with E-state index < -0.39 is 0 Å². The molecule has 0 aliphatic heterocycles. The number of ether oxygens (including phenoxy) is 1. The van der Waals surface area contributed by atoms with Crippen LogP contribution in [0.25, 0.3) is 0 Å². The maximum Gasteiger partial charge on any atom is 0.261 e. The van der Waals surface area contributed by atoms with Gasteiger partial charge in [-0.05, 0) is 42.8 Å². The van der Waals surface area contributed by atoms with E-state index in [4.69, 9.17) is 4.74 Å². The first kappa shape index (κ1) is 13.5. The number of methoxy groups -OCH3 is 1. The molecular formula is C14H13BrN2O2. The number of nitrogens with one attached hydrogen (secondary N) is 1. The quantitative estimate of drug-likeness (QED) is 0.942. The van der Waals surface area contributed by atoms with Gasteiger partial charge >= 0.3 is 0 Å². The predicted octanol–water partition coefficient (Wildman–Crippen LogP) is 3.41. The van der Waals surface area contributed by atoms with Crippen molar-refractivity contribution in [3.05, 3.63) is 52.1 Å². The highest BCUT2D eigenvalue weighted by molar-refractivity contribution is 9.10. The van der Waals surface area contributed by atoms with Gasteiger partial charge in [-0.15, -0.1) is 0 Å². The lowest BCUT2D eigenvalue weighted by Crippen LogP contribution is -2.13. The highest BCUT2D eigenvalue weighted by atomic mass is 79.9. The van der Waals surface area contributed by atoms with E-state index >= 15 is 0 Å². The minimum Gasteiger partial charge on any atom is -0.480 e. The number of carbonyl (C=O) groups excluding carboxylic acids is 1. The van der Waals surface area contributed by atoms with E-state index in [2.05, 4.69) is 26.2 Å². The molecule has 0 unspecified atom stereocenters. The zero-order chi connectivity index (χ0) is 13.8. The van der Waals surface area contributed by atoms with Crippen LogP contribution < -0.4 is 10.1 Å². The topological polar surface area (TPSA) is 51.2 Å². The van der Waals surface area contributed by atoms with Gasteiger partial charge in [-0.1, -0.05) is 15.9 Å². The third-order valence-corrected chi connectivity index (χ3v) is 3.51. The molecule has 1 amide bonds. The number of hydrogen-bond acceptors (Lipinski definition) is 3. The predicted molar refractivity (Wildman–Crippen MR) is 77.6 cm³/mol. The highest BCUT2D eigenvalue weighted by Gasteiger charge is 2.13. The molecule has 0 saturated carbocycles. The molecule has 0 aliphatic carbocycles. The molecule has 0 radical (unpaired) electrons. The maximum absolute atomic E-state index is 12.1. The number of aromatic nitrogens is 1. The van der Waals surface area contributed by atoms with Crippen molar-refractivity contribution in [2.75, 3.05) is 12.4 Å². The Hall–Kier alpha value is -1.88. The van der Waals surface area contributed by atoms with E-state index in [-0.39, 0.29) is 5.91 Å². The van der Waals surface area contributed by atoms with Crippen molar-refractivity contribution in [2.45, 2.75) is 6.92 Å². The summed E-state index contributed by atoms with van der Waals surface area (Å²) in [7, 11) is 1.49. The first-order valence-electron chi connectivity index (χ1n) is 5.68. The van der Waals surface area contributed by atoms with Gasteiger partial charge in [0.05, 0.1) is 7.11 Å². The second-order valence-corrected chi connectivity index (χ2v) is 4.83. The molecule has 1 N–H and O–H groups in total. The fourth-order valence-electron chi connectivity index (χ4n) is 1.65. The molecule has 0 spiro atoms. The number of anilines is 1. The Labute approximate surface area is 119 Å². The maximum atomic E-state index is 12.1. The van der Waals surface area contributed by atoms with Crippen LogP contribution in [0.5, 0.6) is 5.88 Å². The molecule has 1 heterocycles. The number of aryl methyl sites for hydroxylation is 1. The largest absolute Gasteiger partial charge is 0.480 e. The third-order valence-electron chi connectivity index (χ3n) is 2.62. The average Bonchev–Trinajstić information content (AvgIpc) is 2.43. The lowest BCUT2D eigenvalue weighted by atomic mass is 10.2. The SMILES string of the molecule is COc1ncccc1C(=O)Nc1ccc(Br)c(C)c1. The van der Waals surface area contributed by atoms with Crippen LogP contribution >= 0.6 is 15.9 Å². The molecule has 0 bridgehead atoms. The van der Waals surface area contributed by atoms with Crippen molar-refractivity contribution in [2.24, 2.45) is 0 Å². The van der Waals surface area contributed by atoms with Crippen LogP contribution in [-0.4, -0.2) is 18.0 Å². The van der Waals surface area contributed by atoms with Crippen molar-refractivity contribution in [3.8, 4) is 5.88 Å². The van der Waals surface area contributed by atoms with Crippen LogP contribution in [0.3, 0.4) is 0 Å². The molecule has 0 saturated heterocycles. The first-order valence-corrected chi connectivity index (χ1v) is 6.47. The standard InChI is InChI=1S/C14H13BrN2O2/c1-9-8-10(5-6-12(9)15)17-13(18)11-4-3-7-16-14(11)19-2/h3-8H,1-2H3,(H,17,18). The Bertz CT molecular complexity index is 614. The Morgan fingerprint density at radius 1 is 1.37 bits per heavy atom. The Balaban J connectivity index is 2.23. The lowest BCUT2D eigenvalue weighted by molar-refractivity contribution is 0.102. The van der Waals surface area contributed by atoms with Crippen molar-refractivity contribution in [1.29, 1.82) is 0 Å². The fraction of sp³-hybridized carbons (Fsp3) is 0.143. The van der Waals surface area contributed by atoms with E-state index in [0.29, 0.717) is 11.4 Å². The van der Waals surface area contributed by atoms with E-state index in [0.717, 1.165) is 15.7 Å². The number of pyridine rings is 1. The summed E-state index contributed by atoms with van der Waals surface area (Å²) in [5.41, 5.74) is 2.19. The molecule has 1 aromatic heterocycles. The zero-order valence-electron chi connectivity index (χ0n) is 10.6. The summed E-state index contributed by atoms with van der Waals surface area (Å²) >= 11 is 3.42. The number of amides is 1. The summed E-state index contributed by atoms with van der Waals surface area (Å²) in [6, 6.07) is 8.99. The number of carbonyl (C=O) groups is 1. The second-order valence-electron chi connectivity index (χ2n) is 3.98. The van der Waals surface area contributed by atoms with Crippen LogP contribution in [0.15, 0.2) is 41.0 Å². The smallest absolute Gasteiger partial charge is 0.261 e. The van der Waals surface area contributed by atoms with Crippen LogP contribution in [0.1, 0.15) is 15.9 Å². The highest BCUT2D eigenvalue weighted by Crippen LogP contribution is 2.21.